The zero-order valence-corrected chi connectivity index (χ0v) is 20.2. The molecule has 1 aliphatic heterocycles. The largest absolute Gasteiger partial charge is 0.504 e. The van der Waals surface area contributed by atoms with Gasteiger partial charge < -0.3 is 15.2 Å². The minimum atomic E-state index is -3.62. The predicted molar refractivity (Wildman–Crippen MR) is 123 cm³/mol. The van der Waals surface area contributed by atoms with Gasteiger partial charge in [-0.15, -0.1) is 0 Å². The normalized spacial score (nSPS) is 15.5. The second-order valence-electron chi connectivity index (χ2n) is 8.49. The number of carbonyl (C=O) groups is 1. The average Bonchev–Trinajstić information content (AvgIpc) is 2.77. The van der Waals surface area contributed by atoms with Gasteiger partial charge in [0.25, 0.3) is 0 Å². The van der Waals surface area contributed by atoms with E-state index in [1.165, 1.54) is 17.5 Å². The first-order valence-electron chi connectivity index (χ1n) is 10.8. The summed E-state index contributed by atoms with van der Waals surface area (Å²) in [7, 11) is -2.15. The molecule has 2 N–H and O–H groups in total. The molecule has 1 fully saturated rings. The Balaban J connectivity index is 1.64. The zero-order chi connectivity index (χ0) is 23.6. The number of phenolic OH excluding ortho intramolecular Hbond substituents is 1. The van der Waals surface area contributed by atoms with E-state index in [1.54, 1.807) is 12.1 Å². The number of aromatic hydroxyl groups is 1. The van der Waals surface area contributed by atoms with Gasteiger partial charge in [0.2, 0.25) is 15.9 Å². The maximum absolute atomic E-state index is 13.4. The summed E-state index contributed by atoms with van der Waals surface area (Å²) in [6, 6.07) is 6.95. The fraction of sp³-hybridized carbons (Fsp3) is 0.458. The molecule has 0 spiro atoms. The van der Waals surface area contributed by atoms with Crippen LogP contribution >= 0.6 is 0 Å². The Morgan fingerprint density at radius 1 is 1.09 bits per heavy atom. The van der Waals surface area contributed by atoms with Crippen molar-refractivity contribution >= 4 is 15.9 Å². The lowest BCUT2D eigenvalue weighted by Crippen LogP contribution is -2.43. The number of phenols is 1. The number of aryl methyl sites for hydroxylation is 2. The van der Waals surface area contributed by atoms with Crippen molar-refractivity contribution in [3.63, 3.8) is 0 Å². The molecular weight excluding hydrogens is 428 g/mol. The van der Waals surface area contributed by atoms with E-state index < -0.39 is 10.0 Å². The molecule has 0 bridgehead atoms. The quantitative estimate of drug-likeness (QED) is 0.689. The molecule has 174 valence electrons. The van der Waals surface area contributed by atoms with E-state index in [0.717, 1.165) is 27.8 Å². The molecule has 0 aliphatic carbocycles. The summed E-state index contributed by atoms with van der Waals surface area (Å²) in [4.78, 5) is 13.1. The van der Waals surface area contributed by atoms with E-state index >= 15 is 0 Å². The number of hydrogen-bond acceptors (Lipinski definition) is 5. The van der Waals surface area contributed by atoms with Gasteiger partial charge in [0, 0.05) is 25.6 Å². The third kappa shape index (κ3) is 4.76. The van der Waals surface area contributed by atoms with Gasteiger partial charge in [-0.3, -0.25) is 4.79 Å². The van der Waals surface area contributed by atoms with E-state index in [4.69, 9.17) is 4.74 Å². The van der Waals surface area contributed by atoms with Gasteiger partial charge in [-0.25, -0.2) is 8.42 Å². The molecule has 0 atom stereocenters. The molecule has 0 radical (unpaired) electrons. The molecule has 3 rings (SSSR count). The van der Waals surface area contributed by atoms with Crippen LogP contribution in [-0.4, -0.2) is 43.9 Å². The van der Waals surface area contributed by atoms with Crippen LogP contribution in [0, 0.1) is 33.6 Å². The summed E-state index contributed by atoms with van der Waals surface area (Å²) in [6.45, 7) is 8.52. The number of carbonyl (C=O) groups excluding carboxylic acids is 1. The lowest BCUT2D eigenvalue weighted by Gasteiger charge is -2.31. The fourth-order valence-corrected chi connectivity index (χ4v) is 6.27. The van der Waals surface area contributed by atoms with Gasteiger partial charge >= 0.3 is 0 Å². The summed E-state index contributed by atoms with van der Waals surface area (Å²) in [5.41, 5.74) is 4.32. The molecule has 2 aromatic rings. The first kappa shape index (κ1) is 24.1. The number of sulfonamides is 1. The Hall–Kier alpha value is -2.58. The minimum absolute atomic E-state index is 0.0467. The third-order valence-corrected chi connectivity index (χ3v) is 8.60. The smallest absolute Gasteiger partial charge is 0.243 e. The van der Waals surface area contributed by atoms with Crippen molar-refractivity contribution in [1.82, 2.24) is 9.62 Å². The number of nitrogens with one attached hydrogen (secondary N) is 1. The number of amides is 1. The number of benzene rings is 2. The van der Waals surface area contributed by atoms with Crippen molar-refractivity contribution in [2.24, 2.45) is 5.92 Å². The minimum Gasteiger partial charge on any atom is -0.504 e. The van der Waals surface area contributed by atoms with Crippen molar-refractivity contribution in [2.75, 3.05) is 20.2 Å². The highest BCUT2D eigenvalue weighted by molar-refractivity contribution is 7.89. The van der Waals surface area contributed by atoms with Crippen LogP contribution in [-0.2, 0) is 21.4 Å². The van der Waals surface area contributed by atoms with Gasteiger partial charge in [0.05, 0.1) is 12.0 Å². The first-order chi connectivity index (χ1) is 15.1. The van der Waals surface area contributed by atoms with E-state index in [1.807, 2.05) is 33.8 Å². The Labute approximate surface area is 190 Å². The monoisotopic (exact) mass is 460 g/mol. The van der Waals surface area contributed by atoms with E-state index in [-0.39, 0.29) is 17.6 Å². The van der Waals surface area contributed by atoms with Crippen LogP contribution in [0.15, 0.2) is 29.2 Å². The van der Waals surface area contributed by atoms with Gasteiger partial charge in [-0.05, 0) is 80.5 Å². The summed E-state index contributed by atoms with van der Waals surface area (Å²) < 4.78 is 33.4. The van der Waals surface area contributed by atoms with E-state index in [2.05, 4.69) is 5.32 Å². The molecule has 1 heterocycles. The van der Waals surface area contributed by atoms with Crippen molar-refractivity contribution in [1.29, 1.82) is 0 Å². The highest BCUT2D eigenvalue weighted by Crippen LogP contribution is 2.31. The van der Waals surface area contributed by atoms with E-state index in [9.17, 15) is 18.3 Å². The maximum Gasteiger partial charge on any atom is 0.243 e. The molecule has 7 nitrogen and oxygen atoms in total. The Morgan fingerprint density at radius 3 is 2.25 bits per heavy atom. The molecule has 32 heavy (non-hydrogen) atoms. The molecule has 1 amide bonds. The van der Waals surface area contributed by atoms with Crippen LogP contribution < -0.4 is 10.1 Å². The number of hydrogen-bond donors (Lipinski definition) is 2. The highest BCUT2D eigenvalue weighted by atomic mass is 32.2. The second-order valence-corrected chi connectivity index (χ2v) is 10.4. The topological polar surface area (TPSA) is 95.9 Å². The van der Waals surface area contributed by atoms with Crippen LogP contribution in [0.1, 0.15) is 40.7 Å². The average molecular weight is 461 g/mol. The van der Waals surface area contributed by atoms with Crippen molar-refractivity contribution < 1.29 is 23.1 Å². The van der Waals surface area contributed by atoms with Crippen molar-refractivity contribution in [3.8, 4) is 11.5 Å². The zero-order valence-electron chi connectivity index (χ0n) is 19.4. The van der Waals surface area contributed by atoms with Crippen LogP contribution in [0.3, 0.4) is 0 Å². The lowest BCUT2D eigenvalue weighted by molar-refractivity contribution is -0.126. The summed E-state index contributed by atoms with van der Waals surface area (Å²) in [5, 5.41) is 12.6. The predicted octanol–water partition coefficient (Wildman–Crippen LogP) is 3.35. The first-order valence-corrected chi connectivity index (χ1v) is 12.2. The summed E-state index contributed by atoms with van der Waals surface area (Å²) >= 11 is 0. The van der Waals surface area contributed by atoms with Crippen LogP contribution in [0.5, 0.6) is 11.5 Å². The van der Waals surface area contributed by atoms with Gasteiger partial charge in [0.1, 0.15) is 0 Å². The molecule has 8 heteroatoms. The standard InChI is InChI=1S/C24H32N2O5S/c1-15-12-16(2)18(4)23(17(15)3)32(29,30)26-10-8-20(9-11-26)24(28)25-14-19-6-7-21(27)22(13-19)31-5/h6-7,12-13,20,27H,8-11,14H2,1-5H3,(H,25,28). The SMILES string of the molecule is COc1cc(CNC(=O)C2CCN(S(=O)(=O)c3c(C)c(C)cc(C)c3C)CC2)ccc1O. The Bertz CT molecular complexity index is 1090. The van der Waals surface area contributed by atoms with Crippen LogP contribution in [0.25, 0.3) is 0 Å². The van der Waals surface area contributed by atoms with Crippen LogP contribution in [0.4, 0.5) is 0 Å². The number of ether oxygens (including phenoxy) is 1. The summed E-state index contributed by atoms with van der Waals surface area (Å²) in [5.74, 6) is 0.0763. The molecule has 1 saturated heterocycles. The van der Waals surface area contributed by atoms with Gasteiger partial charge in [-0.2, -0.15) is 4.31 Å². The van der Waals surface area contributed by atoms with Gasteiger partial charge in [0.15, 0.2) is 11.5 Å². The summed E-state index contributed by atoms with van der Waals surface area (Å²) in [6.07, 6.45) is 0.958. The fourth-order valence-electron chi connectivity index (χ4n) is 4.22. The number of piperidine rings is 1. The number of methoxy groups -OCH3 is 1. The van der Waals surface area contributed by atoms with Gasteiger partial charge in [-0.1, -0.05) is 12.1 Å². The van der Waals surface area contributed by atoms with Crippen LogP contribution in [0.2, 0.25) is 0 Å². The molecule has 1 aliphatic rings. The molecule has 0 aromatic heterocycles. The lowest BCUT2D eigenvalue weighted by atomic mass is 9.97. The number of nitrogens with zero attached hydrogens (tertiary/aromatic N) is 1. The Morgan fingerprint density at radius 2 is 1.69 bits per heavy atom. The molecular formula is C24H32N2O5S. The third-order valence-electron chi connectivity index (χ3n) is 6.43. The van der Waals surface area contributed by atoms with Crippen molar-refractivity contribution in [3.05, 3.63) is 52.1 Å². The highest BCUT2D eigenvalue weighted by Gasteiger charge is 2.34. The molecule has 2 aromatic carbocycles. The molecule has 0 saturated carbocycles. The van der Waals surface area contributed by atoms with Crippen molar-refractivity contribution in [2.45, 2.75) is 52.0 Å². The second kappa shape index (κ2) is 9.50. The van der Waals surface area contributed by atoms with E-state index in [0.29, 0.717) is 43.1 Å². The molecule has 0 unspecified atom stereocenters. The maximum atomic E-state index is 13.4. The Kier molecular flexibility index (Phi) is 7.15. The number of rotatable bonds is 6.